The molecular formula is C21H21IN2O4. The summed E-state index contributed by atoms with van der Waals surface area (Å²) in [6.07, 6.45) is 2.65. The summed E-state index contributed by atoms with van der Waals surface area (Å²) in [4.78, 5) is 28.3. The van der Waals surface area contributed by atoms with Crippen molar-refractivity contribution in [2.24, 2.45) is 0 Å². The number of nitrogens with zero attached hydrogens (tertiary/aromatic N) is 2. The van der Waals surface area contributed by atoms with E-state index in [1.54, 1.807) is 0 Å². The predicted molar refractivity (Wildman–Crippen MR) is 111 cm³/mol. The summed E-state index contributed by atoms with van der Waals surface area (Å²) in [7, 11) is 0. The Balaban J connectivity index is 1.70. The van der Waals surface area contributed by atoms with Gasteiger partial charge >= 0.3 is 0 Å². The molecular weight excluding hydrogens is 471 g/mol. The number of ether oxygens (including phenoxy) is 1. The summed E-state index contributed by atoms with van der Waals surface area (Å²) in [5.41, 5.74) is 1.20. The van der Waals surface area contributed by atoms with Crippen molar-refractivity contribution in [2.75, 3.05) is 13.1 Å². The van der Waals surface area contributed by atoms with Crippen LogP contribution in [0.1, 0.15) is 53.5 Å². The van der Waals surface area contributed by atoms with Gasteiger partial charge in [0.1, 0.15) is 6.61 Å². The van der Waals surface area contributed by atoms with Crippen molar-refractivity contribution in [2.45, 2.75) is 43.9 Å². The Morgan fingerprint density at radius 3 is 2.79 bits per heavy atom. The molecule has 4 heterocycles. The number of aromatic nitrogens is 1. The molecule has 3 aliphatic heterocycles. The number of fused-ring (bicyclic) bond motifs is 1. The Labute approximate surface area is 176 Å². The molecule has 1 saturated heterocycles. The highest BCUT2D eigenvalue weighted by Gasteiger charge is 2.53. The van der Waals surface area contributed by atoms with Gasteiger partial charge < -0.3 is 19.3 Å². The van der Waals surface area contributed by atoms with E-state index in [0.29, 0.717) is 34.5 Å². The highest BCUT2D eigenvalue weighted by molar-refractivity contribution is 14.1. The minimum Gasteiger partial charge on any atom is -0.483 e. The van der Waals surface area contributed by atoms with Gasteiger partial charge in [-0.15, -0.1) is 0 Å². The van der Waals surface area contributed by atoms with Gasteiger partial charge in [0.05, 0.1) is 20.9 Å². The third-order valence-electron chi connectivity index (χ3n) is 6.19. The van der Waals surface area contributed by atoms with Crippen LogP contribution in [-0.4, -0.2) is 33.6 Å². The van der Waals surface area contributed by atoms with Crippen molar-refractivity contribution in [3.8, 4) is 5.75 Å². The van der Waals surface area contributed by atoms with Gasteiger partial charge in [0, 0.05) is 19.5 Å². The summed E-state index contributed by atoms with van der Waals surface area (Å²) >= 11 is 2.00. The molecule has 0 radical (unpaired) electrons. The van der Waals surface area contributed by atoms with Gasteiger partial charge in [-0.1, -0.05) is 30.3 Å². The summed E-state index contributed by atoms with van der Waals surface area (Å²) in [5.74, 6) is -0.0449. The van der Waals surface area contributed by atoms with Crippen LogP contribution in [0.3, 0.4) is 0 Å². The maximum atomic E-state index is 13.3. The minimum atomic E-state index is -0.729. The number of halogens is 1. The monoisotopic (exact) mass is 492 g/mol. The number of benzene rings is 1. The largest absolute Gasteiger partial charge is 0.483 e. The van der Waals surface area contributed by atoms with Crippen LogP contribution in [0.25, 0.3) is 0 Å². The molecule has 1 amide bonds. The Morgan fingerprint density at radius 1 is 1.21 bits per heavy atom. The molecule has 2 atom stereocenters. The minimum absolute atomic E-state index is 0.118. The number of aliphatic hydroxyl groups excluding tert-OH is 1. The Bertz CT molecular complexity index is 1020. The number of aliphatic hydroxyl groups is 1. The topological polar surface area (TPSA) is 71.8 Å². The molecule has 0 aliphatic carbocycles. The van der Waals surface area contributed by atoms with E-state index in [1.807, 2.05) is 62.4 Å². The molecule has 2 aromatic rings. The lowest BCUT2D eigenvalue weighted by atomic mass is 9.88. The molecule has 1 spiro atoms. The van der Waals surface area contributed by atoms with Gasteiger partial charge in [0.2, 0.25) is 5.43 Å². The third kappa shape index (κ3) is 2.55. The van der Waals surface area contributed by atoms with Gasteiger partial charge in [0.25, 0.3) is 5.91 Å². The first kappa shape index (κ1) is 18.2. The summed E-state index contributed by atoms with van der Waals surface area (Å²) < 4.78 is 8.40. The van der Waals surface area contributed by atoms with Gasteiger partial charge in [-0.25, -0.2) is 0 Å². The van der Waals surface area contributed by atoms with Crippen molar-refractivity contribution in [3.05, 3.63) is 61.1 Å². The molecule has 1 unspecified atom stereocenters. The van der Waals surface area contributed by atoms with Crippen LogP contribution in [0.5, 0.6) is 5.75 Å². The number of rotatable bonds is 3. The molecule has 0 saturated carbocycles. The smallest absolute Gasteiger partial charge is 0.274 e. The van der Waals surface area contributed by atoms with E-state index in [1.165, 1.54) is 0 Å². The zero-order valence-electron chi connectivity index (χ0n) is 15.4. The molecule has 1 aromatic carbocycles. The zero-order valence-corrected chi connectivity index (χ0v) is 17.5. The van der Waals surface area contributed by atoms with Crippen molar-refractivity contribution in [1.82, 2.24) is 9.47 Å². The molecule has 2 bridgehead atoms. The number of hydrogen-bond donors (Lipinski definition) is 1. The average molecular weight is 492 g/mol. The van der Waals surface area contributed by atoms with E-state index < -0.39 is 6.10 Å². The van der Waals surface area contributed by atoms with E-state index in [9.17, 15) is 14.7 Å². The molecule has 1 fully saturated rings. The first-order valence-electron chi connectivity index (χ1n) is 9.65. The fourth-order valence-corrected chi connectivity index (χ4v) is 5.82. The third-order valence-corrected chi connectivity index (χ3v) is 7.24. The molecule has 7 heteroatoms. The zero-order chi connectivity index (χ0) is 19.5. The molecule has 1 N–H and O–H groups in total. The van der Waals surface area contributed by atoms with Crippen LogP contribution in [0.2, 0.25) is 0 Å². The fourth-order valence-electron chi connectivity index (χ4n) is 4.98. The SMILES string of the molecule is O=C1c2c(OCc3ccccc3)c(=O)c(I)c3n2[C@]2(CCCCN1C2)CC3O. The van der Waals surface area contributed by atoms with E-state index >= 15 is 0 Å². The molecule has 3 aliphatic rings. The summed E-state index contributed by atoms with van der Waals surface area (Å²) in [6, 6.07) is 9.61. The standard InChI is InChI=1S/C21H21IN2O4/c22-15-16-14(25)10-21-8-4-5-9-23(12-21)20(27)17(24(16)21)19(18(15)26)28-11-13-6-2-1-3-7-13/h1-3,6-7,14,25H,4-5,8-12H2/t14?,21-/m1/s1. The van der Waals surface area contributed by atoms with Crippen molar-refractivity contribution in [3.63, 3.8) is 0 Å². The van der Waals surface area contributed by atoms with Crippen molar-refractivity contribution < 1.29 is 14.6 Å². The number of hydrogen-bond acceptors (Lipinski definition) is 4. The second-order valence-corrected chi connectivity index (χ2v) is 9.02. The molecule has 5 rings (SSSR count). The predicted octanol–water partition coefficient (Wildman–Crippen LogP) is 2.80. The van der Waals surface area contributed by atoms with E-state index in [4.69, 9.17) is 4.74 Å². The highest BCUT2D eigenvalue weighted by Crippen LogP contribution is 2.49. The Kier molecular flexibility index (Phi) is 4.28. The second-order valence-electron chi connectivity index (χ2n) is 7.94. The maximum absolute atomic E-state index is 13.3. The van der Waals surface area contributed by atoms with Crippen LogP contribution in [0, 0.1) is 3.57 Å². The molecule has 6 nitrogen and oxygen atoms in total. The lowest BCUT2D eigenvalue weighted by Crippen LogP contribution is -2.52. The van der Waals surface area contributed by atoms with E-state index in [-0.39, 0.29) is 29.2 Å². The van der Waals surface area contributed by atoms with Crippen LogP contribution < -0.4 is 10.2 Å². The first-order valence-corrected chi connectivity index (χ1v) is 10.7. The second kappa shape index (κ2) is 6.59. The number of carbonyl (C=O) groups is 1. The quantitative estimate of drug-likeness (QED) is 0.670. The lowest BCUT2D eigenvalue weighted by Gasteiger charge is -2.41. The highest BCUT2D eigenvalue weighted by atomic mass is 127. The maximum Gasteiger partial charge on any atom is 0.274 e. The first-order chi connectivity index (χ1) is 13.5. The van der Waals surface area contributed by atoms with Crippen LogP contribution >= 0.6 is 22.6 Å². The molecule has 1 aromatic heterocycles. The summed E-state index contributed by atoms with van der Waals surface area (Å²) in [5, 5.41) is 10.8. The van der Waals surface area contributed by atoms with Crippen LogP contribution in [0.15, 0.2) is 35.1 Å². The Morgan fingerprint density at radius 2 is 2.00 bits per heavy atom. The number of amides is 1. The number of pyridine rings is 1. The van der Waals surface area contributed by atoms with Crippen LogP contribution in [-0.2, 0) is 12.1 Å². The molecule has 28 heavy (non-hydrogen) atoms. The van der Waals surface area contributed by atoms with Gasteiger partial charge in [-0.3, -0.25) is 9.59 Å². The van der Waals surface area contributed by atoms with Crippen molar-refractivity contribution in [1.29, 1.82) is 0 Å². The normalized spacial score (nSPS) is 25.4. The number of carbonyl (C=O) groups excluding carboxylic acids is 1. The Hall–Kier alpha value is -1.87. The van der Waals surface area contributed by atoms with Crippen LogP contribution in [0.4, 0.5) is 0 Å². The van der Waals surface area contributed by atoms with E-state index in [0.717, 1.165) is 24.8 Å². The average Bonchev–Trinajstić information content (AvgIpc) is 2.85. The van der Waals surface area contributed by atoms with Gasteiger partial charge in [-0.2, -0.15) is 0 Å². The van der Waals surface area contributed by atoms with E-state index in [2.05, 4.69) is 0 Å². The van der Waals surface area contributed by atoms with Gasteiger partial charge in [0.15, 0.2) is 11.4 Å². The summed E-state index contributed by atoms with van der Waals surface area (Å²) in [6.45, 7) is 1.51. The molecule has 146 valence electrons. The van der Waals surface area contributed by atoms with Gasteiger partial charge in [-0.05, 0) is 47.4 Å². The lowest BCUT2D eigenvalue weighted by molar-refractivity contribution is 0.0546. The fraction of sp³-hybridized carbons (Fsp3) is 0.429. The van der Waals surface area contributed by atoms with Crippen molar-refractivity contribution >= 4 is 28.5 Å².